The molecule has 1 aromatic rings. The van der Waals surface area contributed by atoms with Gasteiger partial charge in [0.25, 0.3) is 0 Å². The van der Waals surface area contributed by atoms with E-state index in [2.05, 4.69) is 0 Å². The average Bonchev–Trinajstić information content (AvgIpc) is 2.75. The number of piperidine rings is 1. The predicted octanol–water partition coefficient (Wildman–Crippen LogP) is 0.858. The lowest BCUT2D eigenvalue weighted by molar-refractivity contribution is 0.267. The summed E-state index contributed by atoms with van der Waals surface area (Å²) < 4.78 is 5.22. The molecule has 5 nitrogen and oxygen atoms in total. The third-order valence-electron chi connectivity index (χ3n) is 3.17. The molecule has 1 aromatic heterocycles. The Hall–Kier alpha value is -1.49. The first-order valence-corrected chi connectivity index (χ1v) is 5.59. The Morgan fingerprint density at radius 2 is 2.19 bits per heavy atom. The Morgan fingerprint density at radius 3 is 2.69 bits per heavy atom. The highest BCUT2D eigenvalue weighted by molar-refractivity contribution is 5.98. The number of anilines is 1. The molecule has 5 N–H and O–H groups in total. The molecule has 0 bridgehead atoms. The van der Waals surface area contributed by atoms with E-state index in [1.165, 1.54) is 6.26 Å². The van der Waals surface area contributed by atoms with Gasteiger partial charge in [-0.15, -0.1) is 0 Å². The van der Waals surface area contributed by atoms with E-state index >= 15 is 0 Å². The molecule has 0 radical (unpaired) electrons. The van der Waals surface area contributed by atoms with Gasteiger partial charge in [-0.2, -0.15) is 0 Å². The molecule has 2 heterocycles. The van der Waals surface area contributed by atoms with Crippen LogP contribution < -0.4 is 11.5 Å². The largest absolute Gasteiger partial charge is 0.459 e. The monoisotopic (exact) mass is 222 g/mol. The summed E-state index contributed by atoms with van der Waals surface area (Å²) in [4.78, 5) is 2.00. The van der Waals surface area contributed by atoms with Gasteiger partial charge in [0.2, 0.25) is 0 Å². The van der Waals surface area contributed by atoms with Crippen molar-refractivity contribution in [1.29, 1.82) is 5.41 Å². The van der Waals surface area contributed by atoms with Crippen LogP contribution in [0.25, 0.3) is 0 Å². The van der Waals surface area contributed by atoms with Gasteiger partial charge < -0.3 is 20.8 Å². The fraction of sp³-hybridized carbons (Fsp3) is 0.545. The zero-order valence-corrected chi connectivity index (χ0v) is 9.28. The Bertz CT molecular complexity index is 366. The van der Waals surface area contributed by atoms with E-state index in [0.717, 1.165) is 32.5 Å². The molecule has 88 valence electrons. The number of furan rings is 1. The smallest absolute Gasteiger partial charge is 0.191 e. The first-order valence-electron chi connectivity index (χ1n) is 5.59. The highest BCUT2D eigenvalue weighted by Crippen LogP contribution is 2.20. The Balaban J connectivity index is 2.00. The van der Waals surface area contributed by atoms with Crippen molar-refractivity contribution in [3.63, 3.8) is 0 Å². The number of nitrogen functional groups attached to an aromatic ring is 1. The molecule has 1 aliphatic heterocycles. The number of hydrogen-bond donors (Lipinski definition) is 3. The standard InChI is InChI=1S/C11H18N4O/c12-7-8-1-4-15(5-2-8)11(14)10-9(13)3-6-16-10/h3,6,8,14H,1-2,4-5,7,12-13H2. The molecule has 0 unspecified atom stereocenters. The summed E-state index contributed by atoms with van der Waals surface area (Å²) in [6.45, 7) is 2.46. The maximum Gasteiger partial charge on any atom is 0.191 e. The molecular weight excluding hydrogens is 204 g/mol. The minimum Gasteiger partial charge on any atom is -0.459 e. The molecule has 0 saturated carbocycles. The van der Waals surface area contributed by atoms with Crippen LogP contribution in [0.1, 0.15) is 18.6 Å². The lowest BCUT2D eigenvalue weighted by Gasteiger charge is -2.32. The van der Waals surface area contributed by atoms with Crippen LogP contribution in [0.5, 0.6) is 0 Å². The zero-order valence-electron chi connectivity index (χ0n) is 9.28. The van der Waals surface area contributed by atoms with Gasteiger partial charge in [0.05, 0.1) is 12.0 Å². The molecule has 1 fully saturated rings. The molecule has 0 atom stereocenters. The van der Waals surface area contributed by atoms with E-state index in [-0.39, 0.29) is 0 Å². The van der Waals surface area contributed by atoms with E-state index in [0.29, 0.717) is 23.2 Å². The van der Waals surface area contributed by atoms with Gasteiger partial charge in [-0.1, -0.05) is 0 Å². The minimum absolute atomic E-state index is 0.387. The molecule has 5 heteroatoms. The molecule has 16 heavy (non-hydrogen) atoms. The summed E-state index contributed by atoms with van der Waals surface area (Å²) in [5, 5.41) is 8.03. The van der Waals surface area contributed by atoms with Crippen LogP contribution in [0.2, 0.25) is 0 Å². The summed E-state index contributed by atoms with van der Waals surface area (Å²) in [5.41, 5.74) is 11.9. The van der Waals surface area contributed by atoms with Crippen molar-refractivity contribution in [3.05, 3.63) is 18.1 Å². The van der Waals surface area contributed by atoms with Gasteiger partial charge >= 0.3 is 0 Å². The van der Waals surface area contributed by atoms with Crippen molar-refractivity contribution in [2.24, 2.45) is 11.7 Å². The van der Waals surface area contributed by atoms with Gasteiger partial charge in [0, 0.05) is 19.2 Å². The van der Waals surface area contributed by atoms with Gasteiger partial charge in [-0.3, -0.25) is 5.41 Å². The third-order valence-corrected chi connectivity index (χ3v) is 3.17. The lowest BCUT2D eigenvalue weighted by Crippen LogP contribution is -2.40. The average molecular weight is 222 g/mol. The van der Waals surface area contributed by atoms with E-state index in [4.69, 9.17) is 21.3 Å². The maximum atomic E-state index is 8.03. The first kappa shape index (κ1) is 11.0. The third kappa shape index (κ3) is 2.04. The van der Waals surface area contributed by atoms with Crippen LogP contribution >= 0.6 is 0 Å². The molecule has 1 saturated heterocycles. The molecule has 0 spiro atoms. The molecule has 0 aromatic carbocycles. The first-order chi connectivity index (χ1) is 7.72. The number of amidine groups is 1. The zero-order chi connectivity index (χ0) is 11.5. The Labute approximate surface area is 94.9 Å². The van der Waals surface area contributed by atoms with Crippen LogP contribution in [0.3, 0.4) is 0 Å². The number of likely N-dealkylation sites (tertiary alicyclic amines) is 1. The molecule has 0 aliphatic carbocycles. The van der Waals surface area contributed by atoms with Crippen LogP contribution in [0.4, 0.5) is 5.69 Å². The molecular formula is C11H18N4O. The number of nitrogens with zero attached hydrogens (tertiary/aromatic N) is 1. The highest BCUT2D eigenvalue weighted by atomic mass is 16.3. The fourth-order valence-corrected chi connectivity index (χ4v) is 2.05. The van der Waals surface area contributed by atoms with E-state index in [1.807, 2.05) is 4.90 Å². The summed E-state index contributed by atoms with van der Waals surface area (Å²) in [5.74, 6) is 1.46. The van der Waals surface area contributed by atoms with E-state index < -0.39 is 0 Å². The summed E-state index contributed by atoms with van der Waals surface area (Å²) in [6.07, 6.45) is 3.60. The van der Waals surface area contributed by atoms with Gasteiger partial charge in [0.1, 0.15) is 0 Å². The van der Waals surface area contributed by atoms with Crippen LogP contribution in [0, 0.1) is 11.3 Å². The normalized spacial score (nSPS) is 17.7. The molecule has 2 rings (SSSR count). The summed E-state index contributed by atoms with van der Waals surface area (Å²) in [7, 11) is 0. The number of rotatable bonds is 2. The second-order valence-electron chi connectivity index (χ2n) is 4.22. The van der Waals surface area contributed by atoms with Crippen LogP contribution in [-0.4, -0.2) is 30.4 Å². The number of hydrogen-bond acceptors (Lipinski definition) is 4. The fourth-order valence-electron chi connectivity index (χ4n) is 2.05. The second kappa shape index (κ2) is 4.57. The Kier molecular flexibility index (Phi) is 3.14. The van der Waals surface area contributed by atoms with E-state index in [9.17, 15) is 0 Å². The van der Waals surface area contributed by atoms with Gasteiger partial charge in [-0.25, -0.2) is 0 Å². The Morgan fingerprint density at radius 1 is 1.50 bits per heavy atom. The minimum atomic E-state index is 0.387. The van der Waals surface area contributed by atoms with Crippen molar-refractivity contribution < 1.29 is 4.42 Å². The van der Waals surface area contributed by atoms with Crippen molar-refractivity contribution in [2.75, 3.05) is 25.4 Å². The number of nitrogens with two attached hydrogens (primary N) is 2. The topological polar surface area (TPSA) is 92.3 Å². The van der Waals surface area contributed by atoms with Gasteiger partial charge in [-0.05, 0) is 25.3 Å². The van der Waals surface area contributed by atoms with Crippen molar-refractivity contribution in [2.45, 2.75) is 12.8 Å². The van der Waals surface area contributed by atoms with Gasteiger partial charge in [0.15, 0.2) is 11.6 Å². The molecule has 0 amide bonds. The molecule has 1 aliphatic rings. The number of nitrogens with one attached hydrogen (secondary N) is 1. The highest BCUT2D eigenvalue weighted by Gasteiger charge is 2.23. The van der Waals surface area contributed by atoms with Crippen LogP contribution in [0.15, 0.2) is 16.7 Å². The van der Waals surface area contributed by atoms with Crippen molar-refractivity contribution >= 4 is 11.5 Å². The summed E-state index contributed by atoms with van der Waals surface area (Å²) in [6, 6.07) is 1.68. The maximum absolute atomic E-state index is 8.03. The predicted molar refractivity (Wildman–Crippen MR) is 63.3 cm³/mol. The second-order valence-corrected chi connectivity index (χ2v) is 4.22. The lowest BCUT2D eigenvalue weighted by atomic mass is 9.97. The summed E-state index contributed by atoms with van der Waals surface area (Å²) >= 11 is 0. The van der Waals surface area contributed by atoms with Crippen LogP contribution in [-0.2, 0) is 0 Å². The van der Waals surface area contributed by atoms with Crippen molar-refractivity contribution in [1.82, 2.24) is 4.90 Å². The van der Waals surface area contributed by atoms with Crippen molar-refractivity contribution in [3.8, 4) is 0 Å². The van der Waals surface area contributed by atoms with E-state index in [1.54, 1.807) is 6.07 Å². The quantitative estimate of drug-likeness (QED) is 0.511. The SMILES string of the molecule is N=C(c1occc1N)N1CCC(CN)CC1.